The van der Waals surface area contributed by atoms with Crippen molar-refractivity contribution in [2.24, 2.45) is 0 Å². The van der Waals surface area contributed by atoms with Crippen molar-refractivity contribution in [1.82, 2.24) is 10.3 Å². The molecule has 5 heteroatoms. The van der Waals surface area contributed by atoms with Crippen LogP contribution in [0.15, 0.2) is 52.9 Å². The summed E-state index contributed by atoms with van der Waals surface area (Å²) in [7, 11) is 0. The van der Waals surface area contributed by atoms with E-state index in [-0.39, 0.29) is 11.5 Å². The molecule has 2 heterocycles. The number of amides is 1. The van der Waals surface area contributed by atoms with Crippen molar-refractivity contribution in [1.29, 1.82) is 0 Å². The minimum atomic E-state index is -0.478. The average molecular weight is 242 g/mol. The van der Waals surface area contributed by atoms with E-state index in [2.05, 4.69) is 10.3 Å². The zero-order valence-corrected chi connectivity index (χ0v) is 9.37. The molecule has 0 aromatic carbocycles. The highest BCUT2D eigenvalue weighted by Crippen LogP contribution is 2.03. The lowest BCUT2D eigenvalue weighted by molar-refractivity contribution is -0.105. The monoisotopic (exact) mass is 242 g/mol. The van der Waals surface area contributed by atoms with Gasteiger partial charge in [0.05, 0.1) is 17.7 Å². The van der Waals surface area contributed by atoms with E-state index in [1.165, 1.54) is 18.4 Å². The third-order valence-electron chi connectivity index (χ3n) is 2.12. The summed E-state index contributed by atoms with van der Waals surface area (Å²) in [6.45, 7) is 0. The molecular formula is C13H10N2O3. The highest BCUT2D eigenvalue weighted by Gasteiger charge is 2.09. The van der Waals surface area contributed by atoms with Gasteiger partial charge in [0.25, 0.3) is 5.91 Å². The second-order valence-electron chi connectivity index (χ2n) is 3.40. The molecule has 5 nitrogen and oxygen atoms in total. The van der Waals surface area contributed by atoms with Crippen LogP contribution in [0.5, 0.6) is 0 Å². The van der Waals surface area contributed by atoms with Gasteiger partial charge in [-0.25, -0.2) is 0 Å². The van der Waals surface area contributed by atoms with E-state index in [4.69, 9.17) is 4.42 Å². The molecule has 2 rings (SSSR count). The molecule has 0 spiro atoms. The number of aromatic nitrogens is 1. The molecular weight excluding hydrogens is 232 g/mol. The predicted molar refractivity (Wildman–Crippen MR) is 64.5 cm³/mol. The summed E-state index contributed by atoms with van der Waals surface area (Å²) in [5.74, 6) is -0.335. The first-order valence-electron chi connectivity index (χ1n) is 5.22. The van der Waals surface area contributed by atoms with Crippen LogP contribution in [0, 0.1) is 0 Å². The van der Waals surface area contributed by atoms with Crippen LogP contribution in [0.2, 0.25) is 0 Å². The van der Waals surface area contributed by atoms with Crippen LogP contribution in [0.3, 0.4) is 0 Å². The number of carbonyl (C=O) groups is 2. The minimum absolute atomic E-state index is 0.120. The van der Waals surface area contributed by atoms with Gasteiger partial charge in [0.15, 0.2) is 12.0 Å². The second-order valence-corrected chi connectivity index (χ2v) is 3.40. The summed E-state index contributed by atoms with van der Waals surface area (Å²) < 4.78 is 4.92. The van der Waals surface area contributed by atoms with Crippen molar-refractivity contribution in [3.05, 3.63) is 59.9 Å². The first-order valence-corrected chi connectivity index (χ1v) is 5.22. The summed E-state index contributed by atoms with van der Waals surface area (Å²) in [5, 5.41) is 2.44. The molecule has 0 aliphatic heterocycles. The van der Waals surface area contributed by atoms with E-state index in [9.17, 15) is 9.59 Å². The summed E-state index contributed by atoms with van der Waals surface area (Å²) in [5.41, 5.74) is 0.703. The standard InChI is InChI=1S/C13H10N2O3/c16-9-11(8-10-4-1-2-6-14-10)15-13(17)12-5-3-7-18-12/h1-9H,(H,15,17). The summed E-state index contributed by atoms with van der Waals surface area (Å²) in [6, 6.07) is 8.38. The normalized spacial score (nSPS) is 11.0. The zero-order chi connectivity index (χ0) is 12.8. The van der Waals surface area contributed by atoms with Gasteiger partial charge in [0, 0.05) is 6.20 Å². The van der Waals surface area contributed by atoms with Crippen LogP contribution in [-0.4, -0.2) is 17.2 Å². The van der Waals surface area contributed by atoms with E-state index in [0.29, 0.717) is 12.0 Å². The molecule has 0 aliphatic rings. The predicted octanol–water partition coefficient (Wildman–Crippen LogP) is 1.64. The summed E-state index contributed by atoms with van der Waals surface area (Å²) in [4.78, 5) is 26.5. The lowest BCUT2D eigenvalue weighted by atomic mass is 10.3. The van der Waals surface area contributed by atoms with Gasteiger partial charge in [-0.1, -0.05) is 6.07 Å². The van der Waals surface area contributed by atoms with Gasteiger partial charge in [0.1, 0.15) is 0 Å². The van der Waals surface area contributed by atoms with Crippen LogP contribution in [0.25, 0.3) is 6.08 Å². The number of rotatable bonds is 4. The fourth-order valence-corrected chi connectivity index (χ4v) is 1.32. The third kappa shape index (κ3) is 2.91. The Kier molecular flexibility index (Phi) is 3.66. The highest BCUT2D eigenvalue weighted by molar-refractivity contribution is 5.97. The molecule has 0 bridgehead atoms. The van der Waals surface area contributed by atoms with Gasteiger partial charge in [-0.2, -0.15) is 0 Å². The molecule has 0 atom stereocenters. The SMILES string of the molecule is O=CC(=Cc1ccccn1)NC(=O)c1ccco1. The molecule has 0 fully saturated rings. The molecule has 1 N–H and O–H groups in total. The molecule has 18 heavy (non-hydrogen) atoms. The van der Waals surface area contributed by atoms with Crippen LogP contribution >= 0.6 is 0 Å². The van der Waals surface area contributed by atoms with Crippen molar-refractivity contribution in [3.8, 4) is 0 Å². The van der Waals surface area contributed by atoms with Crippen molar-refractivity contribution in [2.75, 3.05) is 0 Å². The molecule has 90 valence electrons. The quantitative estimate of drug-likeness (QED) is 0.653. The minimum Gasteiger partial charge on any atom is -0.459 e. The van der Waals surface area contributed by atoms with Crippen molar-refractivity contribution in [2.45, 2.75) is 0 Å². The van der Waals surface area contributed by atoms with Crippen LogP contribution < -0.4 is 5.32 Å². The first kappa shape index (κ1) is 11.8. The Hall–Kier alpha value is -2.69. The van der Waals surface area contributed by atoms with Crippen molar-refractivity contribution >= 4 is 18.3 Å². The number of nitrogens with one attached hydrogen (secondary N) is 1. The average Bonchev–Trinajstić information content (AvgIpc) is 2.93. The van der Waals surface area contributed by atoms with Crippen LogP contribution in [-0.2, 0) is 4.79 Å². The smallest absolute Gasteiger partial charge is 0.291 e. The van der Waals surface area contributed by atoms with E-state index in [1.54, 1.807) is 30.5 Å². The largest absolute Gasteiger partial charge is 0.459 e. The Morgan fingerprint density at radius 2 is 2.17 bits per heavy atom. The maximum atomic E-state index is 11.6. The lowest BCUT2D eigenvalue weighted by Gasteiger charge is -2.01. The summed E-state index contributed by atoms with van der Waals surface area (Å²) >= 11 is 0. The maximum Gasteiger partial charge on any atom is 0.291 e. The zero-order valence-electron chi connectivity index (χ0n) is 9.37. The number of nitrogens with zero attached hydrogens (tertiary/aromatic N) is 1. The Balaban J connectivity index is 2.13. The number of allylic oxidation sites excluding steroid dienone is 1. The molecule has 0 radical (unpaired) electrons. The van der Waals surface area contributed by atoms with Gasteiger partial charge in [-0.3, -0.25) is 14.6 Å². The molecule has 0 saturated heterocycles. The van der Waals surface area contributed by atoms with E-state index < -0.39 is 5.91 Å². The van der Waals surface area contributed by atoms with Gasteiger partial charge < -0.3 is 9.73 Å². The molecule has 2 aromatic rings. The van der Waals surface area contributed by atoms with Gasteiger partial charge in [-0.05, 0) is 30.3 Å². The van der Waals surface area contributed by atoms with Crippen molar-refractivity contribution in [3.63, 3.8) is 0 Å². The molecule has 0 unspecified atom stereocenters. The van der Waals surface area contributed by atoms with Crippen molar-refractivity contribution < 1.29 is 14.0 Å². The number of hydrogen-bond acceptors (Lipinski definition) is 4. The Morgan fingerprint density at radius 3 is 2.78 bits per heavy atom. The fourth-order valence-electron chi connectivity index (χ4n) is 1.32. The Bertz CT molecular complexity index is 559. The van der Waals surface area contributed by atoms with Gasteiger partial charge >= 0.3 is 0 Å². The lowest BCUT2D eigenvalue weighted by Crippen LogP contribution is -2.22. The van der Waals surface area contributed by atoms with E-state index in [1.807, 2.05) is 0 Å². The van der Waals surface area contributed by atoms with Crippen LogP contribution in [0.4, 0.5) is 0 Å². The molecule has 2 aromatic heterocycles. The molecule has 0 aliphatic carbocycles. The molecule has 1 amide bonds. The van der Waals surface area contributed by atoms with E-state index >= 15 is 0 Å². The highest BCUT2D eigenvalue weighted by atomic mass is 16.3. The number of aldehydes is 1. The topological polar surface area (TPSA) is 72.2 Å². The van der Waals surface area contributed by atoms with Gasteiger partial charge in [-0.15, -0.1) is 0 Å². The number of pyridine rings is 1. The maximum absolute atomic E-state index is 11.6. The van der Waals surface area contributed by atoms with E-state index in [0.717, 1.165) is 0 Å². The number of carbonyl (C=O) groups excluding carboxylic acids is 2. The first-order chi connectivity index (χ1) is 8.79. The number of hydrogen-bond donors (Lipinski definition) is 1. The number of furan rings is 1. The Labute approximate surface area is 103 Å². The van der Waals surface area contributed by atoms with Crippen LogP contribution in [0.1, 0.15) is 16.2 Å². The molecule has 0 saturated carbocycles. The fraction of sp³-hybridized carbons (Fsp3) is 0. The third-order valence-corrected chi connectivity index (χ3v) is 2.12. The van der Waals surface area contributed by atoms with Gasteiger partial charge in [0.2, 0.25) is 0 Å². The Morgan fingerprint density at radius 1 is 1.28 bits per heavy atom. The second kappa shape index (κ2) is 5.58. The summed E-state index contributed by atoms with van der Waals surface area (Å²) in [6.07, 6.45) is 5.02.